The summed E-state index contributed by atoms with van der Waals surface area (Å²) < 4.78 is 7.99. The van der Waals surface area contributed by atoms with Crippen LogP contribution in [0.3, 0.4) is 0 Å². The minimum atomic E-state index is 0.391. The third kappa shape index (κ3) is 3.82. The molecule has 0 N–H and O–H groups in total. The number of pyridine rings is 1. The summed E-state index contributed by atoms with van der Waals surface area (Å²) >= 11 is 1.67. The fourth-order valence-electron chi connectivity index (χ4n) is 3.39. The number of hydrogen-bond donors (Lipinski definition) is 0. The topological polar surface area (TPSA) is 52.8 Å². The highest BCUT2D eigenvalue weighted by molar-refractivity contribution is 7.09. The lowest BCUT2D eigenvalue weighted by Gasteiger charge is -2.07. The molecule has 3 aromatic heterocycles. The van der Waals surface area contributed by atoms with E-state index in [9.17, 15) is 0 Å². The molecule has 2 aromatic carbocycles. The van der Waals surface area contributed by atoms with Gasteiger partial charge in [-0.1, -0.05) is 42.5 Å². The largest absolute Gasteiger partial charge is 0.486 e. The highest BCUT2D eigenvalue weighted by atomic mass is 32.1. The van der Waals surface area contributed by atoms with Crippen molar-refractivity contribution in [3.63, 3.8) is 0 Å². The molecule has 0 aliphatic heterocycles. The number of hydrogen-bond acceptors (Lipinski definition) is 5. The van der Waals surface area contributed by atoms with Crippen molar-refractivity contribution in [2.75, 3.05) is 0 Å². The van der Waals surface area contributed by atoms with Crippen LogP contribution in [-0.4, -0.2) is 19.5 Å². The van der Waals surface area contributed by atoms with Gasteiger partial charge in [0.15, 0.2) is 5.65 Å². The zero-order valence-electron chi connectivity index (χ0n) is 16.5. The van der Waals surface area contributed by atoms with Crippen LogP contribution < -0.4 is 4.74 Å². The van der Waals surface area contributed by atoms with Gasteiger partial charge in [-0.3, -0.25) is 4.98 Å². The van der Waals surface area contributed by atoms with Gasteiger partial charge < -0.3 is 9.30 Å². The van der Waals surface area contributed by atoms with Crippen LogP contribution in [0, 0.1) is 0 Å². The van der Waals surface area contributed by atoms with Crippen LogP contribution in [0.15, 0.2) is 78.4 Å². The molecule has 148 valence electrons. The zero-order valence-corrected chi connectivity index (χ0v) is 17.3. The highest BCUT2D eigenvalue weighted by Gasteiger charge is 2.11. The van der Waals surface area contributed by atoms with E-state index in [-0.39, 0.29) is 0 Å². The number of benzene rings is 2. The molecule has 0 atom stereocenters. The number of nitrogens with zero attached hydrogens (tertiary/aromatic N) is 4. The molecule has 0 saturated carbocycles. The SMILES string of the molecule is Cn1c(COc2ccc(Cc3cncs3)cc2)nc2ccc(-c3ccccc3)nc21. The quantitative estimate of drug-likeness (QED) is 0.382. The normalized spacial score (nSPS) is 11.1. The third-order valence-electron chi connectivity index (χ3n) is 5.03. The molecule has 5 nitrogen and oxygen atoms in total. The number of aromatic nitrogens is 4. The van der Waals surface area contributed by atoms with Crippen LogP contribution in [0.2, 0.25) is 0 Å². The van der Waals surface area contributed by atoms with Crippen molar-refractivity contribution in [1.29, 1.82) is 0 Å². The van der Waals surface area contributed by atoms with Gasteiger partial charge in [-0.05, 0) is 29.8 Å². The number of thiazole rings is 1. The van der Waals surface area contributed by atoms with E-state index in [1.807, 2.05) is 65.8 Å². The second-order valence-electron chi connectivity index (χ2n) is 7.07. The minimum Gasteiger partial charge on any atom is -0.486 e. The van der Waals surface area contributed by atoms with Crippen molar-refractivity contribution < 1.29 is 4.74 Å². The Morgan fingerprint density at radius 2 is 1.77 bits per heavy atom. The van der Waals surface area contributed by atoms with Gasteiger partial charge in [0.2, 0.25) is 0 Å². The summed E-state index contributed by atoms with van der Waals surface area (Å²) in [6, 6.07) is 22.4. The summed E-state index contributed by atoms with van der Waals surface area (Å²) in [7, 11) is 1.98. The third-order valence-corrected chi connectivity index (χ3v) is 5.81. The number of imidazole rings is 1. The van der Waals surface area contributed by atoms with Crippen LogP contribution in [-0.2, 0) is 20.1 Å². The molecular weight excluding hydrogens is 392 g/mol. The first-order valence-corrected chi connectivity index (χ1v) is 10.6. The maximum absolute atomic E-state index is 5.99. The molecule has 0 spiro atoms. The van der Waals surface area contributed by atoms with Gasteiger partial charge in [-0.25, -0.2) is 9.97 Å². The fourth-order valence-corrected chi connectivity index (χ4v) is 4.02. The van der Waals surface area contributed by atoms with Crippen LogP contribution >= 0.6 is 11.3 Å². The van der Waals surface area contributed by atoms with Crippen LogP contribution in [0.4, 0.5) is 0 Å². The molecule has 0 radical (unpaired) electrons. The Morgan fingerprint density at radius 3 is 2.53 bits per heavy atom. The molecule has 6 heteroatoms. The molecule has 30 heavy (non-hydrogen) atoms. The standard InChI is InChI=1S/C24H20N4OS/c1-28-23(15-29-19-9-7-17(8-10-19)13-20-14-25-16-30-20)26-22-12-11-21(27-24(22)28)18-5-3-2-4-6-18/h2-12,14,16H,13,15H2,1H3. The van der Waals surface area contributed by atoms with Gasteiger partial charge in [0.05, 0.1) is 11.2 Å². The second kappa shape index (κ2) is 8.08. The van der Waals surface area contributed by atoms with Crippen molar-refractivity contribution in [3.05, 3.63) is 94.7 Å². The molecule has 3 heterocycles. The summed E-state index contributed by atoms with van der Waals surface area (Å²) in [6.07, 6.45) is 2.81. The molecule has 0 amide bonds. The van der Waals surface area contributed by atoms with Crippen LogP contribution in [0.5, 0.6) is 5.75 Å². The molecule has 0 aliphatic rings. The Kier molecular flexibility index (Phi) is 4.99. The van der Waals surface area contributed by atoms with E-state index >= 15 is 0 Å². The van der Waals surface area contributed by atoms with Gasteiger partial charge in [0.1, 0.15) is 23.7 Å². The lowest BCUT2D eigenvalue weighted by molar-refractivity contribution is 0.292. The van der Waals surface area contributed by atoms with E-state index in [0.717, 1.165) is 40.4 Å². The van der Waals surface area contributed by atoms with E-state index < -0.39 is 0 Å². The van der Waals surface area contributed by atoms with Gasteiger partial charge in [-0.15, -0.1) is 11.3 Å². The molecule has 0 fully saturated rings. The maximum atomic E-state index is 5.99. The fraction of sp³-hybridized carbons (Fsp3) is 0.125. The van der Waals surface area contributed by atoms with Crippen LogP contribution in [0.1, 0.15) is 16.3 Å². The number of rotatable bonds is 6. The number of aryl methyl sites for hydroxylation is 1. The molecule has 0 aliphatic carbocycles. The first-order valence-electron chi connectivity index (χ1n) is 9.73. The Morgan fingerprint density at radius 1 is 0.933 bits per heavy atom. The van der Waals surface area contributed by atoms with Crippen molar-refractivity contribution >= 4 is 22.5 Å². The zero-order chi connectivity index (χ0) is 20.3. The van der Waals surface area contributed by atoms with E-state index in [1.54, 1.807) is 11.3 Å². The lowest BCUT2D eigenvalue weighted by Crippen LogP contribution is -2.04. The maximum Gasteiger partial charge on any atom is 0.160 e. The molecule has 0 saturated heterocycles. The Hall–Kier alpha value is -3.51. The van der Waals surface area contributed by atoms with Crippen molar-refractivity contribution in [2.45, 2.75) is 13.0 Å². The first-order chi connectivity index (χ1) is 14.8. The molecule has 5 rings (SSSR count). The molecule has 5 aromatic rings. The number of fused-ring (bicyclic) bond motifs is 1. The monoisotopic (exact) mass is 412 g/mol. The molecule has 0 bridgehead atoms. The smallest absolute Gasteiger partial charge is 0.160 e. The van der Waals surface area contributed by atoms with E-state index in [1.165, 1.54) is 10.4 Å². The van der Waals surface area contributed by atoms with Crippen LogP contribution in [0.25, 0.3) is 22.4 Å². The van der Waals surface area contributed by atoms with Gasteiger partial charge in [0.25, 0.3) is 0 Å². The second-order valence-corrected chi connectivity index (χ2v) is 8.04. The van der Waals surface area contributed by atoms with Crippen molar-refractivity contribution in [3.8, 4) is 17.0 Å². The lowest BCUT2D eigenvalue weighted by atomic mass is 10.1. The molecular formula is C24H20N4OS. The first kappa shape index (κ1) is 18.5. The average molecular weight is 413 g/mol. The highest BCUT2D eigenvalue weighted by Crippen LogP contribution is 2.22. The van der Waals surface area contributed by atoms with Gasteiger partial charge in [-0.2, -0.15) is 0 Å². The summed E-state index contributed by atoms with van der Waals surface area (Å²) in [5.74, 6) is 1.67. The minimum absolute atomic E-state index is 0.391. The Balaban J connectivity index is 1.31. The van der Waals surface area contributed by atoms with Gasteiger partial charge >= 0.3 is 0 Å². The summed E-state index contributed by atoms with van der Waals surface area (Å²) in [5.41, 5.74) is 6.87. The summed E-state index contributed by atoms with van der Waals surface area (Å²) in [6.45, 7) is 0.391. The summed E-state index contributed by atoms with van der Waals surface area (Å²) in [4.78, 5) is 14.9. The Bertz CT molecular complexity index is 1260. The Labute approximate surface area is 178 Å². The van der Waals surface area contributed by atoms with E-state index in [0.29, 0.717) is 6.61 Å². The predicted molar refractivity (Wildman–Crippen MR) is 120 cm³/mol. The predicted octanol–water partition coefficient (Wildman–Crippen LogP) is 5.26. The van der Waals surface area contributed by atoms with E-state index in [4.69, 9.17) is 14.7 Å². The average Bonchev–Trinajstić information content (AvgIpc) is 3.41. The number of ether oxygens (including phenoxy) is 1. The van der Waals surface area contributed by atoms with Gasteiger partial charge in [0, 0.05) is 30.1 Å². The van der Waals surface area contributed by atoms with E-state index in [2.05, 4.69) is 29.2 Å². The van der Waals surface area contributed by atoms with Crippen molar-refractivity contribution in [2.24, 2.45) is 7.05 Å². The molecule has 0 unspecified atom stereocenters. The summed E-state index contributed by atoms with van der Waals surface area (Å²) in [5, 5.41) is 0. The van der Waals surface area contributed by atoms with Crippen molar-refractivity contribution in [1.82, 2.24) is 19.5 Å².